The summed E-state index contributed by atoms with van der Waals surface area (Å²) in [6.45, 7) is 0. The second kappa shape index (κ2) is 5.03. The van der Waals surface area contributed by atoms with Crippen molar-refractivity contribution in [1.29, 1.82) is 0 Å². The van der Waals surface area contributed by atoms with Gasteiger partial charge in [0.15, 0.2) is 0 Å². The van der Waals surface area contributed by atoms with Crippen molar-refractivity contribution in [3.05, 3.63) is 29.8 Å². The van der Waals surface area contributed by atoms with Crippen LogP contribution in [-0.2, 0) is 26.7 Å². The first-order valence-electron chi connectivity index (χ1n) is 4.59. The van der Waals surface area contributed by atoms with E-state index in [-0.39, 0.29) is 12.2 Å². The van der Waals surface area contributed by atoms with Gasteiger partial charge in [0, 0.05) is 0 Å². The molecule has 0 saturated carbocycles. The zero-order valence-corrected chi connectivity index (χ0v) is 10.7. The minimum absolute atomic E-state index is 0.0831. The van der Waals surface area contributed by atoms with Crippen LogP contribution in [0.1, 0.15) is 5.56 Å². The van der Waals surface area contributed by atoms with Crippen molar-refractivity contribution in [3.63, 3.8) is 0 Å². The molecule has 0 unspecified atom stereocenters. The van der Waals surface area contributed by atoms with E-state index in [1.807, 2.05) is 0 Å². The number of hydrogen-bond donors (Lipinski definition) is 1. The molecule has 6 nitrogen and oxygen atoms in total. The maximum Gasteiger partial charge on any atom is 0.306 e. The molecule has 0 aliphatic heterocycles. The molecule has 0 saturated heterocycles. The van der Waals surface area contributed by atoms with Crippen LogP contribution in [0.5, 0.6) is 5.75 Å². The van der Waals surface area contributed by atoms with E-state index < -0.39 is 26.0 Å². The Morgan fingerprint density at radius 2 is 1.88 bits per heavy atom. The topological polar surface area (TPSA) is 97.7 Å². The van der Waals surface area contributed by atoms with Crippen molar-refractivity contribution in [2.45, 2.75) is 6.42 Å². The Labute approximate surface area is 100 Å². The van der Waals surface area contributed by atoms with Gasteiger partial charge in [-0.2, -0.15) is 16.8 Å². The Bertz CT molecular complexity index is 588. The van der Waals surface area contributed by atoms with Crippen LogP contribution in [0.3, 0.4) is 0 Å². The van der Waals surface area contributed by atoms with Crippen molar-refractivity contribution in [2.24, 2.45) is 0 Å². The lowest BCUT2D eigenvalue weighted by atomic mass is 10.2. The van der Waals surface area contributed by atoms with Crippen LogP contribution < -0.4 is 4.18 Å². The highest BCUT2D eigenvalue weighted by Gasteiger charge is 2.08. The second-order valence-corrected chi connectivity index (χ2v) is 6.62. The quantitative estimate of drug-likeness (QED) is 0.621. The summed E-state index contributed by atoms with van der Waals surface area (Å²) in [5.74, 6) is -0.310. The summed E-state index contributed by atoms with van der Waals surface area (Å²) in [6.07, 6.45) is 0.998. The van der Waals surface area contributed by atoms with E-state index in [2.05, 4.69) is 4.18 Å². The van der Waals surface area contributed by atoms with Gasteiger partial charge in [-0.05, 0) is 24.1 Å². The Morgan fingerprint density at radius 1 is 1.24 bits per heavy atom. The van der Waals surface area contributed by atoms with Crippen LogP contribution in [0, 0.1) is 0 Å². The summed E-state index contributed by atoms with van der Waals surface area (Å²) in [5, 5.41) is 0. The van der Waals surface area contributed by atoms with E-state index in [1.54, 1.807) is 12.1 Å². The summed E-state index contributed by atoms with van der Waals surface area (Å²) in [7, 11) is -7.63. The average molecular weight is 280 g/mol. The summed E-state index contributed by atoms with van der Waals surface area (Å²) in [4.78, 5) is 0. The lowest BCUT2D eigenvalue weighted by Gasteiger charge is -2.05. The van der Waals surface area contributed by atoms with Gasteiger partial charge in [0.05, 0.1) is 12.0 Å². The van der Waals surface area contributed by atoms with Gasteiger partial charge >= 0.3 is 10.1 Å². The first kappa shape index (κ1) is 13.9. The van der Waals surface area contributed by atoms with Gasteiger partial charge in [-0.25, -0.2) is 0 Å². The largest absolute Gasteiger partial charge is 0.383 e. The van der Waals surface area contributed by atoms with Gasteiger partial charge in [-0.1, -0.05) is 12.1 Å². The van der Waals surface area contributed by atoms with Gasteiger partial charge in [-0.3, -0.25) is 4.55 Å². The van der Waals surface area contributed by atoms with Gasteiger partial charge in [0.2, 0.25) is 0 Å². The minimum atomic E-state index is -4.03. The minimum Gasteiger partial charge on any atom is -0.383 e. The average Bonchev–Trinajstić information content (AvgIpc) is 2.11. The third-order valence-electron chi connectivity index (χ3n) is 1.79. The molecule has 1 aromatic rings. The predicted molar refractivity (Wildman–Crippen MR) is 62.0 cm³/mol. The Balaban J connectivity index is 2.80. The molecular weight excluding hydrogens is 268 g/mol. The molecule has 0 aliphatic carbocycles. The number of benzene rings is 1. The third-order valence-corrected chi connectivity index (χ3v) is 3.01. The summed E-state index contributed by atoms with van der Waals surface area (Å²) in [5.41, 5.74) is 0.559. The molecule has 0 amide bonds. The molecule has 8 heteroatoms. The van der Waals surface area contributed by atoms with E-state index in [4.69, 9.17) is 4.55 Å². The molecule has 1 N–H and O–H groups in total. The monoisotopic (exact) mass is 280 g/mol. The van der Waals surface area contributed by atoms with E-state index in [1.165, 1.54) is 12.1 Å². The fraction of sp³-hybridized carbons (Fsp3) is 0.333. The fourth-order valence-electron chi connectivity index (χ4n) is 1.17. The molecule has 1 aromatic carbocycles. The van der Waals surface area contributed by atoms with E-state index in [9.17, 15) is 16.8 Å². The van der Waals surface area contributed by atoms with Gasteiger partial charge in [-0.15, -0.1) is 0 Å². The Hall–Kier alpha value is -1.12. The molecular formula is C9H12O6S2. The van der Waals surface area contributed by atoms with Gasteiger partial charge < -0.3 is 4.18 Å². The van der Waals surface area contributed by atoms with Crippen LogP contribution in [0.2, 0.25) is 0 Å². The zero-order valence-electron chi connectivity index (χ0n) is 9.03. The first-order valence-corrected chi connectivity index (χ1v) is 8.02. The maximum absolute atomic E-state index is 10.9. The molecule has 0 spiro atoms. The van der Waals surface area contributed by atoms with Crippen LogP contribution in [0.15, 0.2) is 24.3 Å². The third kappa shape index (κ3) is 6.25. The molecule has 0 bridgehead atoms. The normalized spacial score (nSPS) is 12.4. The van der Waals surface area contributed by atoms with Crippen LogP contribution >= 0.6 is 0 Å². The number of aryl methyl sites for hydroxylation is 1. The Morgan fingerprint density at radius 3 is 2.41 bits per heavy atom. The molecule has 17 heavy (non-hydrogen) atoms. The number of rotatable bonds is 5. The van der Waals surface area contributed by atoms with Gasteiger partial charge in [0.25, 0.3) is 10.1 Å². The smallest absolute Gasteiger partial charge is 0.306 e. The zero-order chi connectivity index (χ0) is 13.1. The highest BCUT2D eigenvalue weighted by Crippen LogP contribution is 2.15. The summed E-state index contributed by atoms with van der Waals surface area (Å²) in [6, 6.07) is 6.00. The van der Waals surface area contributed by atoms with Gasteiger partial charge in [0.1, 0.15) is 5.75 Å². The van der Waals surface area contributed by atoms with Crippen molar-refractivity contribution >= 4 is 20.2 Å². The standard InChI is InChI=1S/C9H12O6S2/c1-16(10,11)15-9-4-2-3-8(7-9)5-6-17(12,13)14/h2-4,7H,5-6H2,1H3,(H,12,13,14). The fourth-order valence-corrected chi connectivity index (χ4v) is 2.12. The molecule has 0 radical (unpaired) electrons. The summed E-state index contributed by atoms with van der Waals surface area (Å²) < 4.78 is 56.0. The van der Waals surface area contributed by atoms with Crippen LogP contribution in [0.4, 0.5) is 0 Å². The van der Waals surface area contributed by atoms with Crippen molar-refractivity contribution in [1.82, 2.24) is 0 Å². The van der Waals surface area contributed by atoms with Crippen molar-refractivity contribution in [2.75, 3.05) is 12.0 Å². The molecule has 0 atom stereocenters. The molecule has 96 valence electrons. The lowest BCUT2D eigenvalue weighted by molar-refractivity contribution is 0.481. The molecule has 0 heterocycles. The molecule has 0 aliphatic rings. The Kier molecular flexibility index (Phi) is 4.12. The first-order chi connectivity index (χ1) is 7.66. The highest BCUT2D eigenvalue weighted by molar-refractivity contribution is 7.86. The molecule has 0 fully saturated rings. The van der Waals surface area contributed by atoms with Crippen LogP contribution in [-0.4, -0.2) is 33.4 Å². The van der Waals surface area contributed by atoms with Crippen LogP contribution in [0.25, 0.3) is 0 Å². The molecule has 1 rings (SSSR count). The van der Waals surface area contributed by atoms with E-state index >= 15 is 0 Å². The highest BCUT2D eigenvalue weighted by atomic mass is 32.2. The van der Waals surface area contributed by atoms with E-state index in [0.717, 1.165) is 6.26 Å². The van der Waals surface area contributed by atoms with E-state index in [0.29, 0.717) is 5.56 Å². The van der Waals surface area contributed by atoms with Crippen molar-refractivity contribution in [3.8, 4) is 5.75 Å². The maximum atomic E-state index is 10.9. The van der Waals surface area contributed by atoms with Crippen molar-refractivity contribution < 1.29 is 25.6 Å². The summed E-state index contributed by atoms with van der Waals surface area (Å²) >= 11 is 0. The predicted octanol–water partition coefficient (Wildman–Crippen LogP) is 0.455. The second-order valence-electron chi connectivity index (χ2n) is 3.47. The SMILES string of the molecule is CS(=O)(=O)Oc1cccc(CCS(=O)(=O)O)c1. The lowest BCUT2D eigenvalue weighted by Crippen LogP contribution is -2.08. The molecule has 0 aromatic heterocycles. The number of hydrogen-bond acceptors (Lipinski definition) is 5.